The average Bonchev–Trinajstić information content (AvgIpc) is 3.51. The number of H-pyrrole nitrogens is 1. The van der Waals surface area contributed by atoms with Crippen molar-refractivity contribution < 1.29 is 4.79 Å². The topological polar surface area (TPSA) is 98.5 Å². The number of rotatable bonds is 12. The summed E-state index contributed by atoms with van der Waals surface area (Å²) >= 11 is 0. The van der Waals surface area contributed by atoms with E-state index in [1.807, 2.05) is 48.5 Å². The lowest BCUT2D eigenvalue weighted by Gasteiger charge is -2.12. The lowest BCUT2D eigenvalue weighted by atomic mass is 9.97. The third-order valence-corrected chi connectivity index (χ3v) is 6.35. The van der Waals surface area contributed by atoms with E-state index in [1.165, 1.54) is 0 Å². The predicted octanol–water partition coefficient (Wildman–Crippen LogP) is 4.89. The summed E-state index contributed by atoms with van der Waals surface area (Å²) < 4.78 is 3.43. The van der Waals surface area contributed by atoms with Crippen LogP contribution in [0.4, 0.5) is 0 Å². The summed E-state index contributed by atoms with van der Waals surface area (Å²) in [6.07, 6.45) is 6.41. The SMILES string of the molecule is CCCCCn1c(C=O)c(CCCC)n(Cc2ccc(-c3ccccc3)c(-c3nnn[nH]3)c2)c1=O. The van der Waals surface area contributed by atoms with Crippen molar-refractivity contribution in [1.82, 2.24) is 29.8 Å². The number of aromatic nitrogens is 6. The first kappa shape index (κ1) is 24.3. The summed E-state index contributed by atoms with van der Waals surface area (Å²) in [6.45, 7) is 5.18. The molecular weight excluding hydrogens is 440 g/mol. The van der Waals surface area contributed by atoms with Crippen molar-refractivity contribution in [3.63, 3.8) is 0 Å². The van der Waals surface area contributed by atoms with Crippen LogP contribution in [0.5, 0.6) is 0 Å². The highest BCUT2D eigenvalue weighted by atomic mass is 16.2. The normalized spacial score (nSPS) is 11.1. The molecule has 0 fully saturated rings. The lowest BCUT2D eigenvalue weighted by molar-refractivity contribution is 0.111. The van der Waals surface area contributed by atoms with Gasteiger partial charge in [0.15, 0.2) is 12.1 Å². The molecule has 2 aromatic carbocycles. The minimum Gasteiger partial charge on any atom is -0.296 e. The van der Waals surface area contributed by atoms with Crippen LogP contribution < -0.4 is 5.69 Å². The number of nitrogens with one attached hydrogen (secondary N) is 1. The number of hydrogen-bond acceptors (Lipinski definition) is 5. The molecule has 35 heavy (non-hydrogen) atoms. The van der Waals surface area contributed by atoms with Crippen molar-refractivity contribution in [1.29, 1.82) is 0 Å². The Bertz CT molecular complexity index is 1310. The third kappa shape index (κ3) is 5.31. The van der Waals surface area contributed by atoms with Gasteiger partial charge < -0.3 is 0 Å². The van der Waals surface area contributed by atoms with Crippen LogP contribution in [0.2, 0.25) is 0 Å². The van der Waals surface area contributed by atoms with Gasteiger partial charge >= 0.3 is 5.69 Å². The van der Waals surface area contributed by atoms with Gasteiger partial charge in [-0.05, 0) is 52.4 Å². The number of unbranched alkanes of at least 4 members (excludes halogenated alkanes) is 3. The second-order valence-corrected chi connectivity index (χ2v) is 8.78. The zero-order valence-corrected chi connectivity index (χ0v) is 20.4. The number of nitrogens with zero attached hydrogens (tertiary/aromatic N) is 5. The summed E-state index contributed by atoms with van der Waals surface area (Å²) in [6, 6.07) is 16.1. The molecular formula is C27H32N6O2. The van der Waals surface area contributed by atoms with Crippen molar-refractivity contribution in [2.75, 3.05) is 0 Å². The van der Waals surface area contributed by atoms with Gasteiger partial charge in [-0.3, -0.25) is 13.9 Å². The Morgan fingerprint density at radius 3 is 2.43 bits per heavy atom. The maximum absolute atomic E-state index is 13.5. The summed E-state index contributed by atoms with van der Waals surface area (Å²) in [5.41, 5.74) is 5.07. The molecule has 8 nitrogen and oxygen atoms in total. The van der Waals surface area contributed by atoms with E-state index in [-0.39, 0.29) is 5.69 Å². The maximum atomic E-state index is 13.5. The van der Waals surface area contributed by atoms with Gasteiger partial charge in [0.1, 0.15) is 5.69 Å². The minimum absolute atomic E-state index is 0.121. The van der Waals surface area contributed by atoms with E-state index in [4.69, 9.17) is 0 Å². The molecule has 0 saturated carbocycles. The van der Waals surface area contributed by atoms with E-state index >= 15 is 0 Å². The number of benzene rings is 2. The van der Waals surface area contributed by atoms with Crippen molar-refractivity contribution in [3.05, 3.63) is 76.0 Å². The second-order valence-electron chi connectivity index (χ2n) is 8.78. The average molecular weight is 473 g/mol. The molecule has 0 bridgehead atoms. The van der Waals surface area contributed by atoms with Gasteiger partial charge in [-0.2, -0.15) is 0 Å². The fourth-order valence-corrected chi connectivity index (χ4v) is 4.51. The highest BCUT2D eigenvalue weighted by molar-refractivity contribution is 5.81. The standard InChI is InChI=1S/C27H32N6O2/c1-3-5-10-16-32-25(19-34)24(13-6-4-2)33(27(32)35)18-20-14-15-22(21-11-8-7-9-12-21)23(17-20)26-28-30-31-29-26/h7-9,11-12,14-15,17,19H,3-6,10,13,16,18H2,1-2H3,(H,28,29,30,31). The fraction of sp³-hybridized carbons (Fsp3) is 0.370. The number of tetrazole rings is 1. The monoisotopic (exact) mass is 472 g/mol. The molecule has 0 amide bonds. The molecule has 8 heteroatoms. The Balaban J connectivity index is 1.77. The van der Waals surface area contributed by atoms with Crippen molar-refractivity contribution in [2.45, 2.75) is 65.5 Å². The quantitative estimate of drug-likeness (QED) is 0.234. The van der Waals surface area contributed by atoms with Crippen molar-refractivity contribution in [3.8, 4) is 22.5 Å². The van der Waals surface area contributed by atoms with E-state index in [2.05, 4.69) is 34.5 Å². The molecule has 4 aromatic rings. The van der Waals surface area contributed by atoms with Crippen molar-refractivity contribution in [2.24, 2.45) is 0 Å². The maximum Gasteiger partial charge on any atom is 0.329 e. The Hall–Kier alpha value is -3.81. The molecule has 0 aliphatic heterocycles. The molecule has 4 rings (SSSR count). The molecule has 0 spiro atoms. The Labute approximate surface area is 205 Å². The number of aldehydes is 1. The Kier molecular flexibility index (Phi) is 8.03. The molecule has 182 valence electrons. The van der Waals surface area contributed by atoms with Crippen LogP contribution in [0, 0.1) is 0 Å². The molecule has 0 aliphatic rings. The summed E-state index contributed by atoms with van der Waals surface area (Å²) in [5.74, 6) is 0.565. The number of carbonyl (C=O) groups is 1. The van der Waals surface area contributed by atoms with Gasteiger partial charge in [0.05, 0.1) is 12.2 Å². The molecule has 0 aliphatic carbocycles. The van der Waals surface area contributed by atoms with Crippen LogP contribution in [0.15, 0.2) is 53.3 Å². The largest absolute Gasteiger partial charge is 0.329 e. The number of carbonyl (C=O) groups excluding carboxylic acids is 1. The smallest absolute Gasteiger partial charge is 0.296 e. The van der Waals surface area contributed by atoms with Gasteiger partial charge in [0, 0.05) is 12.1 Å². The third-order valence-electron chi connectivity index (χ3n) is 6.35. The van der Waals surface area contributed by atoms with Crippen LogP contribution in [0.1, 0.15) is 67.7 Å². The van der Waals surface area contributed by atoms with Gasteiger partial charge in [0.2, 0.25) is 0 Å². The predicted molar refractivity (Wildman–Crippen MR) is 136 cm³/mol. The Morgan fingerprint density at radius 2 is 1.74 bits per heavy atom. The molecule has 2 heterocycles. The molecule has 2 aromatic heterocycles. The van der Waals surface area contributed by atoms with Crippen LogP contribution in [0.25, 0.3) is 22.5 Å². The van der Waals surface area contributed by atoms with E-state index in [9.17, 15) is 9.59 Å². The molecule has 0 unspecified atom stereocenters. The number of imidazole rings is 1. The van der Waals surface area contributed by atoms with Gasteiger partial charge in [-0.1, -0.05) is 75.6 Å². The van der Waals surface area contributed by atoms with Crippen LogP contribution >= 0.6 is 0 Å². The van der Waals surface area contributed by atoms with E-state index in [1.54, 1.807) is 9.13 Å². The van der Waals surface area contributed by atoms with Gasteiger partial charge in [-0.25, -0.2) is 9.89 Å². The van der Waals surface area contributed by atoms with E-state index in [0.29, 0.717) is 31.0 Å². The van der Waals surface area contributed by atoms with Gasteiger partial charge in [0.25, 0.3) is 0 Å². The number of hydrogen-bond donors (Lipinski definition) is 1. The van der Waals surface area contributed by atoms with E-state index in [0.717, 1.165) is 66.3 Å². The highest BCUT2D eigenvalue weighted by Crippen LogP contribution is 2.31. The first-order valence-corrected chi connectivity index (χ1v) is 12.4. The number of aromatic amines is 1. The summed E-state index contributed by atoms with van der Waals surface area (Å²) in [4.78, 5) is 25.5. The Morgan fingerprint density at radius 1 is 0.943 bits per heavy atom. The lowest BCUT2D eigenvalue weighted by Crippen LogP contribution is -2.26. The second kappa shape index (κ2) is 11.6. The van der Waals surface area contributed by atoms with Crippen LogP contribution in [-0.4, -0.2) is 36.0 Å². The molecule has 0 radical (unpaired) electrons. The minimum atomic E-state index is -0.121. The zero-order valence-electron chi connectivity index (χ0n) is 20.4. The highest BCUT2D eigenvalue weighted by Gasteiger charge is 2.20. The van der Waals surface area contributed by atoms with Gasteiger partial charge in [-0.15, -0.1) is 5.10 Å². The zero-order chi connectivity index (χ0) is 24.6. The van der Waals surface area contributed by atoms with Crippen LogP contribution in [-0.2, 0) is 19.5 Å². The summed E-state index contributed by atoms with van der Waals surface area (Å²) in [5, 5.41) is 14.5. The molecule has 0 atom stereocenters. The fourth-order valence-electron chi connectivity index (χ4n) is 4.51. The molecule has 1 N–H and O–H groups in total. The molecule has 0 saturated heterocycles. The first-order chi connectivity index (χ1) is 17.2. The van der Waals surface area contributed by atoms with E-state index < -0.39 is 0 Å². The van der Waals surface area contributed by atoms with Crippen molar-refractivity contribution >= 4 is 6.29 Å². The van der Waals surface area contributed by atoms with Crippen LogP contribution in [0.3, 0.4) is 0 Å². The summed E-state index contributed by atoms with van der Waals surface area (Å²) in [7, 11) is 0. The first-order valence-electron chi connectivity index (χ1n) is 12.4.